The maximum Gasteiger partial charge on any atom is 0.257 e. The van der Waals surface area contributed by atoms with Gasteiger partial charge in [0.2, 0.25) is 0 Å². The standard InChI is InChI=1S/C22H24N2O6S2/c1-4-16(14-28-2)29-18-11-15(21(25)24-22-23-9-10-31-22)12-19(13-18)30-17-5-7-20(8-6-17)32(3,26)27/h5-13,16H,4,14H2,1-3H3,(H,23,24,25)/t16-/m1/s1. The van der Waals surface area contributed by atoms with Crippen LogP contribution in [-0.4, -0.2) is 45.4 Å². The highest BCUT2D eigenvalue weighted by molar-refractivity contribution is 7.90. The maximum atomic E-state index is 12.8. The van der Waals surface area contributed by atoms with Gasteiger partial charge in [-0.15, -0.1) is 11.3 Å². The van der Waals surface area contributed by atoms with Crippen molar-refractivity contribution in [1.82, 2.24) is 4.98 Å². The Balaban J connectivity index is 1.89. The lowest BCUT2D eigenvalue weighted by atomic mass is 10.2. The molecule has 1 aromatic heterocycles. The van der Waals surface area contributed by atoms with Gasteiger partial charge >= 0.3 is 0 Å². The Hall–Kier alpha value is -2.95. The number of benzene rings is 2. The fraction of sp³-hybridized carbons (Fsp3) is 0.273. The van der Waals surface area contributed by atoms with E-state index >= 15 is 0 Å². The minimum Gasteiger partial charge on any atom is -0.488 e. The number of nitrogens with zero attached hydrogens (tertiary/aromatic N) is 1. The number of anilines is 1. The van der Waals surface area contributed by atoms with Gasteiger partial charge in [-0.3, -0.25) is 10.1 Å². The Kier molecular flexibility index (Phi) is 7.84. The van der Waals surface area contributed by atoms with E-state index in [1.165, 1.54) is 23.5 Å². The molecule has 1 N–H and O–H groups in total. The van der Waals surface area contributed by atoms with Crippen molar-refractivity contribution in [2.75, 3.05) is 25.3 Å². The number of ether oxygens (including phenoxy) is 3. The van der Waals surface area contributed by atoms with Crippen molar-refractivity contribution in [2.24, 2.45) is 0 Å². The first kappa shape index (κ1) is 23.7. The van der Waals surface area contributed by atoms with E-state index in [0.717, 1.165) is 6.26 Å². The second kappa shape index (κ2) is 10.6. The summed E-state index contributed by atoms with van der Waals surface area (Å²) in [5, 5.41) is 4.98. The largest absolute Gasteiger partial charge is 0.488 e. The summed E-state index contributed by atoms with van der Waals surface area (Å²) in [5.74, 6) is 0.877. The first-order chi connectivity index (χ1) is 15.3. The van der Waals surface area contributed by atoms with Crippen molar-refractivity contribution in [3.8, 4) is 17.2 Å². The summed E-state index contributed by atoms with van der Waals surface area (Å²) in [7, 11) is -1.71. The van der Waals surface area contributed by atoms with E-state index in [2.05, 4.69) is 10.3 Å². The number of hydrogen-bond donors (Lipinski definition) is 1. The zero-order chi connectivity index (χ0) is 23.1. The third-order valence-corrected chi connectivity index (χ3v) is 6.21. The number of nitrogens with one attached hydrogen (secondary N) is 1. The van der Waals surface area contributed by atoms with E-state index in [-0.39, 0.29) is 16.9 Å². The van der Waals surface area contributed by atoms with Gasteiger partial charge in [0.15, 0.2) is 15.0 Å². The lowest BCUT2D eigenvalue weighted by Crippen LogP contribution is -2.21. The van der Waals surface area contributed by atoms with Crippen LogP contribution in [0.15, 0.2) is 58.9 Å². The number of rotatable bonds is 10. The summed E-state index contributed by atoms with van der Waals surface area (Å²) in [5.41, 5.74) is 0.327. The zero-order valence-corrected chi connectivity index (χ0v) is 19.5. The van der Waals surface area contributed by atoms with E-state index in [4.69, 9.17) is 14.2 Å². The topological polar surface area (TPSA) is 104 Å². The van der Waals surface area contributed by atoms with Crippen molar-refractivity contribution in [1.29, 1.82) is 0 Å². The highest BCUT2D eigenvalue weighted by Crippen LogP contribution is 2.29. The van der Waals surface area contributed by atoms with Crippen molar-refractivity contribution >= 4 is 32.2 Å². The molecule has 0 aliphatic rings. The molecule has 0 fully saturated rings. The van der Waals surface area contributed by atoms with Gasteiger partial charge in [-0.25, -0.2) is 13.4 Å². The van der Waals surface area contributed by atoms with E-state index in [9.17, 15) is 13.2 Å². The number of carbonyl (C=O) groups is 1. The van der Waals surface area contributed by atoms with E-state index in [1.54, 1.807) is 49.0 Å². The molecule has 3 rings (SSSR count). The molecule has 8 nitrogen and oxygen atoms in total. The summed E-state index contributed by atoms with van der Waals surface area (Å²) >= 11 is 1.31. The molecule has 32 heavy (non-hydrogen) atoms. The van der Waals surface area contributed by atoms with Crippen LogP contribution >= 0.6 is 11.3 Å². The molecular formula is C22H24N2O6S2. The average Bonchev–Trinajstić information content (AvgIpc) is 3.26. The summed E-state index contributed by atoms with van der Waals surface area (Å²) in [6, 6.07) is 10.9. The van der Waals surface area contributed by atoms with E-state index in [1.807, 2.05) is 6.92 Å². The molecule has 0 saturated carbocycles. The predicted molar refractivity (Wildman–Crippen MR) is 123 cm³/mol. The third kappa shape index (κ3) is 6.52. The number of methoxy groups -OCH3 is 1. The normalized spacial score (nSPS) is 12.2. The van der Waals surface area contributed by atoms with Gasteiger partial charge in [0.05, 0.1) is 11.5 Å². The van der Waals surface area contributed by atoms with Gasteiger partial charge in [-0.1, -0.05) is 6.92 Å². The molecule has 0 aliphatic heterocycles. The van der Waals surface area contributed by atoms with E-state index < -0.39 is 9.84 Å². The van der Waals surface area contributed by atoms with Crippen LogP contribution in [0.2, 0.25) is 0 Å². The Morgan fingerprint density at radius 1 is 1.12 bits per heavy atom. The molecule has 1 atom stereocenters. The van der Waals surface area contributed by atoms with Crippen LogP contribution in [0.1, 0.15) is 23.7 Å². The first-order valence-electron chi connectivity index (χ1n) is 9.78. The van der Waals surface area contributed by atoms with E-state index in [0.29, 0.717) is 41.0 Å². The molecule has 1 heterocycles. The fourth-order valence-corrected chi connectivity index (χ4v) is 3.94. The first-order valence-corrected chi connectivity index (χ1v) is 12.5. The van der Waals surface area contributed by atoms with Crippen LogP contribution in [0.3, 0.4) is 0 Å². The smallest absolute Gasteiger partial charge is 0.257 e. The predicted octanol–water partition coefficient (Wildman–Crippen LogP) is 4.40. The number of sulfone groups is 1. The van der Waals surface area contributed by atoms with Gasteiger partial charge in [0, 0.05) is 36.6 Å². The van der Waals surface area contributed by atoms with Crippen LogP contribution in [0.5, 0.6) is 17.2 Å². The Bertz CT molecular complexity index is 1150. The SMILES string of the molecule is CC[C@H](COC)Oc1cc(Oc2ccc(S(C)(=O)=O)cc2)cc(C(=O)Nc2nccs2)c1. The second-order valence-corrected chi connectivity index (χ2v) is 9.84. The van der Waals surface area contributed by atoms with Crippen LogP contribution in [0.4, 0.5) is 5.13 Å². The van der Waals surface area contributed by atoms with Crippen LogP contribution in [-0.2, 0) is 14.6 Å². The summed E-state index contributed by atoms with van der Waals surface area (Å²) in [6.07, 6.45) is 3.26. The Morgan fingerprint density at radius 3 is 2.44 bits per heavy atom. The third-order valence-electron chi connectivity index (χ3n) is 4.39. The minimum absolute atomic E-state index is 0.191. The van der Waals surface area contributed by atoms with Gasteiger partial charge in [-0.05, 0) is 42.8 Å². The average molecular weight is 477 g/mol. The highest BCUT2D eigenvalue weighted by Gasteiger charge is 2.15. The molecule has 0 saturated heterocycles. The lowest BCUT2D eigenvalue weighted by molar-refractivity contribution is 0.0785. The number of aromatic nitrogens is 1. The second-order valence-electron chi connectivity index (χ2n) is 6.93. The molecule has 0 aliphatic carbocycles. The summed E-state index contributed by atoms with van der Waals surface area (Å²) in [4.78, 5) is 17.0. The van der Waals surface area contributed by atoms with Crippen LogP contribution < -0.4 is 14.8 Å². The summed E-state index contributed by atoms with van der Waals surface area (Å²) in [6.45, 7) is 2.37. The number of carbonyl (C=O) groups excluding carboxylic acids is 1. The molecular weight excluding hydrogens is 452 g/mol. The van der Waals surface area contributed by atoms with Gasteiger partial charge in [-0.2, -0.15) is 0 Å². The molecule has 0 radical (unpaired) electrons. The van der Waals surface area contributed by atoms with Crippen LogP contribution in [0, 0.1) is 0 Å². The minimum atomic E-state index is -3.31. The Morgan fingerprint density at radius 2 is 1.84 bits per heavy atom. The maximum absolute atomic E-state index is 12.8. The van der Waals surface area contributed by atoms with Crippen molar-refractivity contribution in [3.63, 3.8) is 0 Å². The monoisotopic (exact) mass is 476 g/mol. The molecule has 0 spiro atoms. The van der Waals surface area contributed by atoms with Crippen LogP contribution in [0.25, 0.3) is 0 Å². The Labute approximate surface area is 191 Å². The van der Waals surface area contributed by atoms with Gasteiger partial charge < -0.3 is 14.2 Å². The molecule has 0 bridgehead atoms. The number of amides is 1. The molecule has 10 heteroatoms. The summed E-state index contributed by atoms with van der Waals surface area (Å²) < 4.78 is 40.4. The molecule has 1 amide bonds. The lowest BCUT2D eigenvalue weighted by Gasteiger charge is -2.18. The fourth-order valence-electron chi connectivity index (χ4n) is 2.79. The van der Waals surface area contributed by atoms with Crippen molar-refractivity contribution in [2.45, 2.75) is 24.3 Å². The highest BCUT2D eigenvalue weighted by atomic mass is 32.2. The number of hydrogen-bond acceptors (Lipinski definition) is 8. The molecule has 170 valence electrons. The molecule has 0 unspecified atom stereocenters. The molecule has 3 aromatic rings. The zero-order valence-electron chi connectivity index (χ0n) is 17.9. The number of thiazole rings is 1. The van der Waals surface area contributed by atoms with Gasteiger partial charge in [0.1, 0.15) is 23.4 Å². The van der Waals surface area contributed by atoms with Crippen molar-refractivity contribution < 1.29 is 27.4 Å². The quantitative estimate of drug-likeness (QED) is 0.463. The van der Waals surface area contributed by atoms with Crippen molar-refractivity contribution in [3.05, 3.63) is 59.6 Å². The van der Waals surface area contributed by atoms with Gasteiger partial charge in [0.25, 0.3) is 5.91 Å². The molecule has 2 aromatic carbocycles.